The molecule has 0 aliphatic carbocycles. The highest BCUT2D eigenvalue weighted by Gasteiger charge is 2.28. The molecule has 1 atom stereocenters. The molecule has 0 spiro atoms. The molecule has 2 rings (SSSR count). The molecule has 3 amide bonds. The molecule has 1 heterocycles. The SMILES string of the molecule is O=Cc1cc(NCC(=O)O)ccc1C(=O)NC1CCC(=O)NC1=O. The lowest BCUT2D eigenvalue weighted by Crippen LogP contribution is -2.52. The van der Waals surface area contributed by atoms with Gasteiger partial charge in [0, 0.05) is 23.2 Å². The Morgan fingerprint density at radius 3 is 2.71 bits per heavy atom. The maximum absolute atomic E-state index is 12.2. The van der Waals surface area contributed by atoms with Crippen molar-refractivity contribution in [1.29, 1.82) is 0 Å². The number of carboxylic acids is 1. The molecular formula is C15H15N3O6. The van der Waals surface area contributed by atoms with Gasteiger partial charge in [-0.15, -0.1) is 0 Å². The number of imide groups is 1. The van der Waals surface area contributed by atoms with E-state index in [1.807, 2.05) is 0 Å². The van der Waals surface area contributed by atoms with Gasteiger partial charge in [-0.25, -0.2) is 0 Å². The monoisotopic (exact) mass is 333 g/mol. The van der Waals surface area contributed by atoms with Gasteiger partial charge in [0.2, 0.25) is 11.8 Å². The van der Waals surface area contributed by atoms with Gasteiger partial charge in [-0.3, -0.25) is 29.3 Å². The molecule has 1 aliphatic heterocycles. The largest absolute Gasteiger partial charge is 0.480 e. The van der Waals surface area contributed by atoms with Crippen LogP contribution in [0.5, 0.6) is 0 Å². The van der Waals surface area contributed by atoms with Crippen molar-refractivity contribution in [2.24, 2.45) is 0 Å². The van der Waals surface area contributed by atoms with Gasteiger partial charge < -0.3 is 15.7 Å². The van der Waals surface area contributed by atoms with Gasteiger partial charge in [0.25, 0.3) is 5.91 Å². The Hall–Kier alpha value is -3.23. The Morgan fingerprint density at radius 2 is 2.08 bits per heavy atom. The molecular weight excluding hydrogens is 318 g/mol. The first-order valence-corrected chi connectivity index (χ1v) is 7.10. The van der Waals surface area contributed by atoms with Crippen molar-refractivity contribution in [2.45, 2.75) is 18.9 Å². The minimum atomic E-state index is -1.07. The number of anilines is 1. The minimum Gasteiger partial charge on any atom is -0.480 e. The minimum absolute atomic E-state index is 0.0511. The highest BCUT2D eigenvalue weighted by Crippen LogP contribution is 2.15. The molecule has 1 aromatic rings. The summed E-state index contributed by atoms with van der Waals surface area (Å²) in [6.07, 6.45) is 0.770. The number of piperidine rings is 1. The van der Waals surface area contributed by atoms with Crippen LogP contribution >= 0.6 is 0 Å². The summed E-state index contributed by atoms with van der Waals surface area (Å²) >= 11 is 0. The van der Waals surface area contributed by atoms with Gasteiger partial charge in [-0.2, -0.15) is 0 Å². The lowest BCUT2D eigenvalue weighted by atomic mass is 10.0. The van der Waals surface area contributed by atoms with Crippen molar-refractivity contribution in [3.8, 4) is 0 Å². The third-order valence-electron chi connectivity index (χ3n) is 3.41. The molecule has 4 N–H and O–H groups in total. The predicted molar refractivity (Wildman–Crippen MR) is 81.6 cm³/mol. The van der Waals surface area contributed by atoms with Gasteiger partial charge >= 0.3 is 5.97 Å². The molecule has 1 fully saturated rings. The van der Waals surface area contributed by atoms with E-state index in [9.17, 15) is 24.0 Å². The van der Waals surface area contributed by atoms with Gasteiger partial charge in [0.15, 0.2) is 6.29 Å². The number of carbonyl (C=O) groups is 5. The number of hydrogen-bond acceptors (Lipinski definition) is 6. The van der Waals surface area contributed by atoms with Crippen molar-refractivity contribution in [2.75, 3.05) is 11.9 Å². The van der Waals surface area contributed by atoms with E-state index in [1.54, 1.807) is 0 Å². The number of aliphatic carboxylic acids is 1. The number of carbonyl (C=O) groups excluding carboxylic acids is 4. The van der Waals surface area contributed by atoms with E-state index in [0.29, 0.717) is 12.0 Å². The van der Waals surface area contributed by atoms with Crippen molar-refractivity contribution < 1.29 is 29.1 Å². The molecule has 0 aromatic heterocycles. The first kappa shape index (κ1) is 17.1. The van der Waals surface area contributed by atoms with E-state index in [1.165, 1.54) is 18.2 Å². The highest BCUT2D eigenvalue weighted by atomic mass is 16.4. The zero-order valence-corrected chi connectivity index (χ0v) is 12.5. The normalized spacial score (nSPS) is 16.9. The number of amides is 3. The van der Waals surface area contributed by atoms with Crippen LogP contribution in [0.4, 0.5) is 5.69 Å². The van der Waals surface area contributed by atoms with Crippen LogP contribution in [0.15, 0.2) is 18.2 Å². The van der Waals surface area contributed by atoms with Crippen LogP contribution in [-0.2, 0) is 14.4 Å². The van der Waals surface area contributed by atoms with Crippen molar-refractivity contribution in [3.05, 3.63) is 29.3 Å². The first-order valence-electron chi connectivity index (χ1n) is 7.10. The van der Waals surface area contributed by atoms with Crippen LogP contribution in [0.1, 0.15) is 33.6 Å². The Balaban J connectivity index is 2.11. The Kier molecular flexibility index (Phi) is 5.25. The number of carboxylic acid groups (broad SMARTS) is 1. The van der Waals surface area contributed by atoms with Crippen molar-refractivity contribution in [3.63, 3.8) is 0 Å². The summed E-state index contributed by atoms with van der Waals surface area (Å²) in [5.41, 5.74) is 0.475. The summed E-state index contributed by atoms with van der Waals surface area (Å²) in [6, 6.07) is 3.30. The van der Waals surface area contributed by atoms with Gasteiger partial charge in [-0.1, -0.05) is 0 Å². The van der Waals surface area contributed by atoms with Gasteiger partial charge in [-0.05, 0) is 24.6 Å². The summed E-state index contributed by atoms with van der Waals surface area (Å²) in [5, 5.41) is 15.8. The van der Waals surface area contributed by atoms with Crippen molar-refractivity contribution in [1.82, 2.24) is 10.6 Å². The number of nitrogens with one attached hydrogen (secondary N) is 3. The van der Waals surface area contributed by atoms with E-state index in [0.717, 1.165) is 0 Å². The van der Waals surface area contributed by atoms with Gasteiger partial charge in [0.1, 0.15) is 12.6 Å². The topological polar surface area (TPSA) is 142 Å². The van der Waals surface area contributed by atoms with Crippen LogP contribution in [0, 0.1) is 0 Å². The van der Waals surface area contributed by atoms with E-state index in [4.69, 9.17) is 5.11 Å². The fraction of sp³-hybridized carbons (Fsp3) is 0.267. The van der Waals surface area contributed by atoms with Crippen LogP contribution in [0.2, 0.25) is 0 Å². The van der Waals surface area contributed by atoms with E-state index in [-0.39, 0.29) is 30.5 Å². The van der Waals surface area contributed by atoms with Gasteiger partial charge in [0.05, 0.1) is 0 Å². The third kappa shape index (κ3) is 4.15. The number of rotatable bonds is 6. The van der Waals surface area contributed by atoms with Crippen LogP contribution in [0.3, 0.4) is 0 Å². The molecule has 0 saturated carbocycles. The van der Waals surface area contributed by atoms with Crippen LogP contribution in [-0.4, -0.2) is 47.7 Å². The molecule has 0 bridgehead atoms. The average Bonchev–Trinajstić information content (AvgIpc) is 2.55. The second kappa shape index (κ2) is 7.36. The Labute approximate surface area is 136 Å². The molecule has 1 aliphatic rings. The van der Waals surface area contributed by atoms with E-state index >= 15 is 0 Å². The summed E-state index contributed by atoms with van der Waals surface area (Å²) in [7, 11) is 0. The number of hydrogen-bond donors (Lipinski definition) is 4. The highest BCUT2D eigenvalue weighted by molar-refractivity contribution is 6.06. The summed E-state index contributed by atoms with van der Waals surface area (Å²) in [5.74, 6) is -2.68. The summed E-state index contributed by atoms with van der Waals surface area (Å²) < 4.78 is 0. The quantitative estimate of drug-likeness (QED) is 0.407. The zero-order chi connectivity index (χ0) is 17.7. The lowest BCUT2D eigenvalue weighted by molar-refractivity contribution is -0.136. The smallest absolute Gasteiger partial charge is 0.322 e. The third-order valence-corrected chi connectivity index (χ3v) is 3.41. The summed E-state index contributed by atoms with van der Waals surface area (Å²) in [4.78, 5) is 56.7. The number of aldehydes is 1. The molecule has 1 saturated heterocycles. The Morgan fingerprint density at radius 1 is 1.33 bits per heavy atom. The Bertz CT molecular complexity index is 715. The lowest BCUT2D eigenvalue weighted by Gasteiger charge is -2.22. The molecule has 126 valence electrons. The maximum Gasteiger partial charge on any atom is 0.322 e. The van der Waals surface area contributed by atoms with Crippen LogP contribution in [0.25, 0.3) is 0 Å². The van der Waals surface area contributed by atoms with Crippen molar-refractivity contribution >= 4 is 35.7 Å². The first-order chi connectivity index (χ1) is 11.4. The second-order valence-corrected chi connectivity index (χ2v) is 5.14. The summed E-state index contributed by atoms with van der Waals surface area (Å²) in [6.45, 7) is -0.333. The number of benzene rings is 1. The maximum atomic E-state index is 12.2. The average molecular weight is 333 g/mol. The molecule has 1 aromatic carbocycles. The molecule has 9 heteroatoms. The second-order valence-electron chi connectivity index (χ2n) is 5.14. The zero-order valence-electron chi connectivity index (χ0n) is 12.5. The standard InChI is InChI=1S/C15H15N3O6/c19-7-8-5-9(16-6-13(21)22)1-2-10(8)14(23)17-11-3-4-12(20)18-15(11)24/h1-2,5,7,11,16H,3-4,6H2,(H,17,23)(H,21,22)(H,18,20,24). The molecule has 1 unspecified atom stereocenters. The molecule has 0 radical (unpaired) electrons. The fourth-order valence-corrected chi connectivity index (χ4v) is 2.22. The van der Waals surface area contributed by atoms with E-state index < -0.39 is 29.7 Å². The van der Waals surface area contributed by atoms with E-state index in [2.05, 4.69) is 16.0 Å². The van der Waals surface area contributed by atoms with Crippen LogP contribution < -0.4 is 16.0 Å². The fourth-order valence-electron chi connectivity index (χ4n) is 2.22. The molecule has 24 heavy (non-hydrogen) atoms. The predicted octanol–water partition coefficient (Wildman–Crippen LogP) is -0.469. The molecule has 9 nitrogen and oxygen atoms in total.